The molecule has 0 bridgehead atoms. The van der Waals surface area contributed by atoms with Crippen LogP contribution in [0.15, 0.2) is 12.4 Å². The van der Waals surface area contributed by atoms with Gasteiger partial charge in [0, 0.05) is 0 Å². The van der Waals surface area contributed by atoms with Crippen LogP contribution in [0.5, 0.6) is 0 Å². The van der Waals surface area contributed by atoms with Crippen LogP contribution in [0, 0.1) is 0 Å². The first kappa shape index (κ1) is 12.8. The second kappa shape index (κ2) is 5.16. The number of nitrogens with zero attached hydrogens (tertiary/aromatic N) is 3. The number of hydrogen-bond donors (Lipinski definition) is 4. The van der Waals surface area contributed by atoms with Crippen molar-refractivity contribution in [1.82, 2.24) is 20.5 Å². The molecule has 17 heavy (non-hydrogen) atoms. The molecule has 1 aromatic rings. The van der Waals surface area contributed by atoms with Gasteiger partial charge in [-0.15, -0.1) is 5.10 Å². The van der Waals surface area contributed by atoms with Crippen molar-refractivity contribution in [1.29, 1.82) is 0 Å². The van der Waals surface area contributed by atoms with E-state index in [-0.39, 0.29) is 5.95 Å². The van der Waals surface area contributed by atoms with Gasteiger partial charge in [0.1, 0.15) is 0 Å². The normalized spacial score (nSPS) is 13.5. The van der Waals surface area contributed by atoms with E-state index in [0.29, 0.717) is 0 Å². The first-order valence-corrected chi connectivity index (χ1v) is 4.56. The lowest BCUT2D eigenvalue weighted by Crippen LogP contribution is -2.47. The van der Waals surface area contributed by atoms with Crippen LogP contribution in [0.25, 0.3) is 0 Å². The summed E-state index contributed by atoms with van der Waals surface area (Å²) in [6, 6.07) is -0.737. The standard InChI is InChI=1S/C8H11N5O4/c1-8(17,5(14)15)4-10-7(16)12-6-9-2-3-11-13-6/h2-3,17H,4H2,1H3,(H,14,15)(H2,9,10,12,13,16). The van der Waals surface area contributed by atoms with Gasteiger partial charge in [0.25, 0.3) is 5.95 Å². The summed E-state index contributed by atoms with van der Waals surface area (Å²) in [4.78, 5) is 25.5. The zero-order valence-corrected chi connectivity index (χ0v) is 8.91. The third kappa shape index (κ3) is 3.99. The van der Waals surface area contributed by atoms with Gasteiger partial charge < -0.3 is 15.5 Å². The highest BCUT2D eigenvalue weighted by Gasteiger charge is 2.30. The number of urea groups is 1. The topological polar surface area (TPSA) is 137 Å². The molecule has 0 aromatic carbocycles. The highest BCUT2D eigenvalue weighted by Crippen LogP contribution is 2.01. The highest BCUT2D eigenvalue weighted by atomic mass is 16.4. The maximum atomic E-state index is 11.2. The first-order chi connectivity index (χ1) is 7.92. The van der Waals surface area contributed by atoms with Crippen LogP contribution in [0.4, 0.5) is 10.7 Å². The second-order valence-electron chi connectivity index (χ2n) is 3.35. The minimum absolute atomic E-state index is 0.0278. The van der Waals surface area contributed by atoms with Crippen molar-refractivity contribution < 1.29 is 19.8 Å². The van der Waals surface area contributed by atoms with Gasteiger partial charge >= 0.3 is 12.0 Å². The molecule has 1 atom stereocenters. The number of hydrogen-bond acceptors (Lipinski definition) is 6. The molecule has 0 radical (unpaired) electrons. The fourth-order valence-corrected chi connectivity index (χ4v) is 0.779. The SMILES string of the molecule is CC(O)(CNC(=O)Nc1nccnn1)C(=O)O. The Morgan fingerprint density at radius 3 is 2.71 bits per heavy atom. The van der Waals surface area contributed by atoms with Crippen molar-refractivity contribution in [3.63, 3.8) is 0 Å². The zero-order chi connectivity index (χ0) is 12.9. The molecule has 4 N–H and O–H groups in total. The number of carboxylic acids is 1. The Morgan fingerprint density at radius 2 is 2.18 bits per heavy atom. The number of carbonyl (C=O) groups is 2. The van der Waals surface area contributed by atoms with Crippen molar-refractivity contribution in [2.75, 3.05) is 11.9 Å². The summed E-state index contributed by atoms with van der Waals surface area (Å²) in [6.45, 7) is 0.616. The molecule has 0 saturated heterocycles. The summed E-state index contributed by atoms with van der Waals surface area (Å²) in [7, 11) is 0. The summed E-state index contributed by atoms with van der Waals surface area (Å²) in [5.41, 5.74) is -2.03. The van der Waals surface area contributed by atoms with E-state index in [4.69, 9.17) is 5.11 Å². The molecule has 9 heteroatoms. The maximum absolute atomic E-state index is 11.2. The fourth-order valence-electron chi connectivity index (χ4n) is 0.779. The number of amides is 2. The van der Waals surface area contributed by atoms with E-state index in [1.807, 2.05) is 0 Å². The summed E-state index contributed by atoms with van der Waals surface area (Å²) in [5.74, 6) is -1.46. The minimum atomic E-state index is -2.03. The van der Waals surface area contributed by atoms with E-state index in [0.717, 1.165) is 6.92 Å². The fraction of sp³-hybridized carbons (Fsp3) is 0.375. The lowest BCUT2D eigenvalue weighted by atomic mass is 10.1. The third-order valence-electron chi connectivity index (χ3n) is 1.76. The monoisotopic (exact) mass is 241 g/mol. The Morgan fingerprint density at radius 1 is 1.47 bits per heavy atom. The summed E-state index contributed by atoms with van der Waals surface area (Å²) < 4.78 is 0. The number of aliphatic carboxylic acids is 1. The number of carbonyl (C=O) groups excluding carboxylic acids is 1. The Balaban J connectivity index is 2.44. The van der Waals surface area contributed by atoms with Gasteiger partial charge in [-0.3, -0.25) is 5.32 Å². The van der Waals surface area contributed by atoms with E-state index in [1.54, 1.807) is 0 Å². The van der Waals surface area contributed by atoms with Gasteiger partial charge in [-0.25, -0.2) is 14.6 Å². The second-order valence-corrected chi connectivity index (χ2v) is 3.35. The molecule has 1 aromatic heterocycles. The number of anilines is 1. The van der Waals surface area contributed by atoms with Crippen molar-refractivity contribution in [3.05, 3.63) is 12.4 Å². The molecule has 1 rings (SSSR count). The summed E-state index contributed by atoms with van der Waals surface area (Å²) >= 11 is 0. The van der Waals surface area contributed by atoms with E-state index in [9.17, 15) is 14.7 Å². The maximum Gasteiger partial charge on any atom is 0.337 e. The number of nitrogens with one attached hydrogen (secondary N) is 2. The molecule has 0 saturated carbocycles. The molecule has 1 unspecified atom stereocenters. The number of aromatic nitrogens is 3. The smallest absolute Gasteiger partial charge is 0.337 e. The highest BCUT2D eigenvalue weighted by molar-refractivity contribution is 5.88. The molecule has 0 fully saturated rings. The molecular formula is C8H11N5O4. The van der Waals surface area contributed by atoms with Crippen molar-refractivity contribution in [2.24, 2.45) is 0 Å². The van der Waals surface area contributed by atoms with E-state index in [1.165, 1.54) is 12.4 Å². The van der Waals surface area contributed by atoms with Crippen molar-refractivity contribution in [2.45, 2.75) is 12.5 Å². The average molecular weight is 241 g/mol. The van der Waals surface area contributed by atoms with Gasteiger partial charge in [-0.1, -0.05) is 0 Å². The van der Waals surface area contributed by atoms with Crippen LogP contribution in [0.3, 0.4) is 0 Å². The molecular weight excluding hydrogens is 230 g/mol. The average Bonchev–Trinajstić information content (AvgIpc) is 2.28. The number of rotatable bonds is 4. The zero-order valence-electron chi connectivity index (χ0n) is 8.91. The van der Waals surface area contributed by atoms with Gasteiger partial charge in [0.05, 0.1) is 18.9 Å². The van der Waals surface area contributed by atoms with Crippen LogP contribution in [0.2, 0.25) is 0 Å². The molecule has 0 aliphatic carbocycles. The Kier molecular flexibility index (Phi) is 3.88. The lowest BCUT2D eigenvalue weighted by molar-refractivity contribution is -0.155. The largest absolute Gasteiger partial charge is 0.479 e. The third-order valence-corrected chi connectivity index (χ3v) is 1.76. The van der Waals surface area contributed by atoms with Crippen LogP contribution in [-0.2, 0) is 4.79 Å². The van der Waals surface area contributed by atoms with Crippen LogP contribution >= 0.6 is 0 Å². The van der Waals surface area contributed by atoms with Gasteiger partial charge in [-0.2, -0.15) is 5.10 Å². The molecule has 9 nitrogen and oxygen atoms in total. The van der Waals surface area contributed by atoms with E-state index < -0.39 is 24.1 Å². The number of aliphatic hydroxyl groups is 1. The molecule has 0 aliphatic rings. The van der Waals surface area contributed by atoms with Gasteiger partial charge in [0.2, 0.25) is 0 Å². The van der Waals surface area contributed by atoms with E-state index >= 15 is 0 Å². The molecule has 0 spiro atoms. The summed E-state index contributed by atoms with van der Waals surface area (Å²) in [5, 5.41) is 29.2. The molecule has 2 amide bonds. The van der Waals surface area contributed by atoms with Crippen molar-refractivity contribution in [3.8, 4) is 0 Å². The van der Waals surface area contributed by atoms with E-state index in [2.05, 4.69) is 25.8 Å². The minimum Gasteiger partial charge on any atom is -0.479 e. The lowest BCUT2D eigenvalue weighted by Gasteiger charge is -2.18. The van der Waals surface area contributed by atoms with Gasteiger partial charge in [0.15, 0.2) is 5.60 Å². The van der Waals surface area contributed by atoms with Crippen LogP contribution in [-0.4, -0.2) is 49.5 Å². The van der Waals surface area contributed by atoms with Gasteiger partial charge in [-0.05, 0) is 6.92 Å². The number of carboxylic acid groups (broad SMARTS) is 1. The Hall–Kier alpha value is -2.29. The predicted molar refractivity (Wildman–Crippen MR) is 55.1 cm³/mol. The quantitative estimate of drug-likeness (QED) is 0.521. The molecule has 1 heterocycles. The Labute approximate surface area is 95.9 Å². The Bertz CT molecular complexity index is 408. The first-order valence-electron chi connectivity index (χ1n) is 4.56. The van der Waals surface area contributed by atoms with Crippen molar-refractivity contribution >= 4 is 17.9 Å². The van der Waals surface area contributed by atoms with Crippen LogP contribution in [0.1, 0.15) is 6.92 Å². The molecule has 92 valence electrons. The predicted octanol–water partition coefficient (Wildman–Crippen LogP) is -1.17. The van der Waals surface area contributed by atoms with Crippen LogP contribution < -0.4 is 10.6 Å². The molecule has 0 aliphatic heterocycles. The summed E-state index contributed by atoms with van der Waals surface area (Å²) in [6.07, 6.45) is 2.66.